The number of imidazole rings is 1. The first kappa shape index (κ1) is 17.2. The third-order valence-electron chi connectivity index (χ3n) is 3.92. The number of nitrogens with zero attached hydrogens (tertiary/aromatic N) is 2. The van der Waals surface area contributed by atoms with Gasteiger partial charge in [-0.1, -0.05) is 42.5 Å². The van der Waals surface area contributed by atoms with E-state index in [0.717, 1.165) is 22.5 Å². The lowest BCUT2D eigenvalue weighted by molar-refractivity contribution is 0.475. The maximum Gasteiger partial charge on any atom is 0.213 e. The van der Waals surface area contributed by atoms with Crippen LogP contribution in [0.25, 0.3) is 22.5 Å². The van der Waals surface area contributed by atoms with E-state index < -0.39 is 10.0 Å². The molecule has 2 aromatic carbocycles. The fraction of sp³-hybridized carbons (Fsp3) is 0.167. The molecule has 1 aromatic heterocycles. The molecule has 0 spiro atoms. The monoisotopic (exact) mass is 357 g/mol. The fourth-order valence-electron chi connectivity index (χ4n) is 2.64. The Morgan fingerprint density at radius 2 is 1.80 bits per heavy atom. The highest BCUT2D eigenvalue weighted by molar-refractivity contribution is 7.89. The molecule has 0 aliphatic carbocycles. The zero-order valence-corrected chi connectivity index (χ0v) is 14.6. The van der Waals surface area contributed by atoms with Crippen molar-refractivity contribution in [3.8, 4) is 28.3 Å². The smallest absolute Gasteiger partial charge is 0.213 e. The van der Waals surface area contributed by atoms with Crippen LogP contribution in [0.4, 0.5) is 0 Å². The van der Waals surface area contributed by atoms with Gasteiger partial charge < -0.3 is 9.67 Å². The third kappa shape index (κ3) is 3.89. The summed E-state index contributed by atoms with van der Waals surface area (Å²) in [5.74, 6) is 0.0898. The van der Waals surface area contributed by atoms with Crippen molar-refractivity contribution in [2.24, 2.45) is 0 Å². The topological polar surface area (TPSA) is 84.2 Å². The van der Waals surface area contributed by atoms with Crippen molar-refractivity contribution in [2.75, 3.05) is 12.8 Å². The number of rotatable bonds is 6. The van der Waals surface area contributed by atoms with Crippen LogP contribution in [-0.2, 0) is 16.6 Å². The lowest BCUT2D eigenvalue weighted by Crippen LogP contribution is -2.24. The molecule has 0 fully saturated rings. The normalized spacial score (nSPS) is 11.6. The minimum atomic E-state index is -3.33. The summed E-state index contributed by atoms with van der Waals surface area (Å²) in [6.07, 6.45) is 1.63. The van der Waals surface area contributed by atoms with Crippen LogP contribution in [0.1, 0.15) is 0 Å². The van der Waals surface area contributed by atoms with E-state index in [1.165, 1.54) is 7.05 Å². The van der Waals surface area contributed by atoms with Crippen molar-refractivity contribution in [3.05, 3.63) is 60.9 Å². The van der Waals surface area contributed by atoms with Crippen LogP contribution < -0.4 is 4.72 Å². The van der Waals surface area contributed by atoms with Crippen LogP contribution in [-0.4, -0.2) is 35.9 Å². The molecular formula is C18H19N3O3S. The van der Waals surface area contributed by atoms with Gasteiger partial charge >= 0.3 is 0 Å². The second kappa shape index (κ2) is 7.08. The number of aromatic nitrogens is 2. The summed E-state index contributed by atoms with van der Waals surface area (Å²) in [5, 5.41) is 9.83. The Kier molecular flexibility index (Phi) is 4.87. The molecule has 0 radical (unpaired) electrons. The molecule has 0 saturated carbocycles. The van der Waals surface area contributed by atoms with Gasteiger partial charge in [0.1, 0.15) is 5.75 Å². The summed E-state index contributed by atoms with van der Waals surface area (Å²) in [6, 6.07) is 16.5. The number of phenols is 1. The van der Waals surface area contributed by atoms with Gasteiger partial charge in [0.25, 0.3) is 0 Å². The van der Waals surface area contributed by atoms with Crippen molar-refractivity contribution in [1.29, 1.82) is 0 Å². The Labute approximate surface area is 146 Å². The number of nitrogens with one attached hydrogen (secondary N) is 1. The number of hydrogen-bond acceptors (Lipinski definition) is 4. The molecule has 3 aromatic rings. The summed E-state index contributed by atoms with van der Waals surface area (Å²) in [4.78, 5) is 4.49. The third-order valence-corrected chi connectivity index (χ3v) is 5.26. The SMILES string of the molecule is CNS(=O)(=O)CCn1cnc(-c2ccccc2)c1-c1cccc(O)c1. The van der Waals surface area contributed by atoms with Gasteiger partial charge in [-0.3, -0.25) is 0 Å². The van der Waals surface area contributed by atoms with Crippen molar-refractivity contribution < 1.29 is 13.5 Å². The standard InChI is InChI=1S/C18H19N3O3S/c1-19-25(23,24)11-10-21-13-20-17(14-6-3-2-4-7-14)18(21)15-8-5-9-16(22)12-15/h2-9,12-13,19,22H,10-11H2,1H3. The number of sulfonamides is 1. The molecule has 0 aliphatic heterocycles. The van der Waals surface area contributed by atoms with Crippen molar-refractivity contribution in [2.45, 2.75) is 6.54 Å². The zero-order valence-electron chi connectivity index (χ0n) is 13.8. The molecule has 3 rings (SSSR count). The Morgan fingerprint density at radius 3 is 2.48 bits per heavy atom. The average molecular weight is 357 g/mol. The van der Waals surface area contributed by atoms with E-state index in [1.807, 2.05) is 36.4 Å². The fourth-order valence-corrected chi connectivity index (χ4v) is 3.28. The Balaban J connectivity index is 2.09. The predicted octanol–water partition coefficient (Wildman–Crippen LogP) is 2.47. The average Bonchev–Trinajstić information content (AvgIpc) is 3.05. The highest BCUT2D eigenvalue weighted by Gasteiger charge is 2.17. The first-order valence-electron chi connectivity index (χ1n) is 7.81. The lowest BCUT2D eigenvalue weighted by Gasteiger charge is -2.11. The van der Waals surface area contributed by atoms with Crippen molar-refractivity contribution in [3.63, 3.8) is 0 Å². The van der Waals surface area contributed by atoms with E-state index in [2.05, 4.69) is 9.71 Å². The molecule has 0 atom stereocenters. The molecule has 2 N–H and O–H groups in total. The van der Waals surface area contributed by atoms with Crippen LogP contribution in [0, 0.1) is 0 Å². The van der Waals surface area contributed by atoms with E-state index in [9.17, 15) is 13.5 Å². The maximum atomic E-state index is 11.8. The molecule has 1 heterocycles. The van der Waals surface area contributed by atoms with Crippen LogP contribution >= 0.6 is 0 Å². The molecule has 6 nitrogen and oxygen atoms in total. The van der Waals surface area contributed by atoms with E-state index in [0.29, 0.717) is 0 Å². The number of phenolic OH excluding ortho intramolecular Hbond substituents is 1. The summed E-state index contributed by atoms with van der Waals surface area (Å²) in [6.45, 7) is 0.258. The highest BCUT2D eigenvalue weighted by atomic mass is 32.2. The van der Waals surface area contributed by atoms with Gasteiger partial charge in [0, 0.05) is 17.7 Å². The molecular weight excluding hydrogens is 338 g/mol. The molecule has 130 valence electrons. The first-order valence-corrected chi connectivity index (χ1v) is 9.46. The first-order chi connectivity index (χ1) is 12.0. The summed E-state index contributed by atoms with van der Waals surface area (Å²) in [7, 11) is -1.93. The van der Waals surface area contributed by atoms with Crippen LogP contribution in [0.3, 0.4) is 0 Å². The molecule has 25 heavy (non-hydrogen) atoms. The quantitative estimate of drug-likeness (QED) is 0.710. The number of hydrogen-bond donors (Lipinski definition) is 2. The van der Waals surface area contributed by atoms with Crippen LogP contribution in [0.2, 0.25) is 0 Å². The van der Waals surface area contributed by atoms with Gasteiger partial charge in [0.05, 0.1) is 23.5 Å². The maximum absolute atomic E-state index is 11.8. The number of aromatic hydroxyl groups is 1. The molecule has 0 unspecified atom stereocenters. The Hall–Kier alpha value is -2.64. The minimum Gasteiger partial charge on any atom is -0.508 e. The number of benzene rings is 2. The van der Waals surface area contributed by atoms with Gasteiger partial charge in [-0.05, 0) is 19.2 Å². The number of aryl methyl sites for hydroxylation is 1. The zero-order chi connectivity index (χ0) is 17.9. The van der Waals surface area contributed by atoms with Crippen LogP contribution in [0.5, 0.6) is 5.75 Å². The summed E-state index contributed by atoms with van der Waals surface area (Å²) in [5.41, 5.74) is 3.22. The van der Waals surface area contributed by atoms with E-state index in [4.69, 9.17) is 0 Å². The second-order valence-corrected chi connectivity index (χ2v) is 7.62. The van der Waals surface area contributed by atoms with Gasteiger partial charge in [0.2, 0.25) is 10.0 Å². The second-order valence-electron chi connectivity index (χ2n) is 5.57. The lowest BCUT2D eigenvalue weighted by atomic mass is 10.0. The van der Waals surface area contributed by atoms with Gasteiger partial charge in [-0.15, -0.1) is 0 Å². The van der Waals surface area contributed by atoms with E-state index in [-0.39, 0.29) is 18.0 Å². The van der Waals surface area contributed by atoms with Crippen LogP contribution in [0.15, 0.2) is 60.9 Å². The molecule has 0 bridgehead atoms. The summed E-state index contributed by atoms with van der Waals surface area (Å²) < 4.78 is 27.6. The van der Waals surface area contributed by atoms with Gasteiger partial charge in [0.15, 0.2) is 0 Å². The summed E-state index contributed by atoms with van der Waals surface area (Å²) >= 11 is 0. The largest absolute Gasteiger partial charge is 0.508 e. The molecule has 0 aliphatic rings. The molecule has 0 saturated heterocycles. The molecule has 7 heteroatoms. The van der Waals surface area contributed by atoms with Crippen molar-refractivity contribution >= 4 is 10.0 Å². The highest BCUT2D eigenvalue weighted by Crippen LogP contribution is 2.32. The van der Waals surface area contributed by atoms with Gasteiger partial charge in [-0.2, -0.15) is 0 Å². The minimum absolute atomic E-state index is 0.0556. The van der Waals surface area contributed by atoms with E-state index in [1.54, 1.807) is 29.1 Å². The molecule has 0 amide bonds. The van der Waals surface area contributed by atoms with E-state index >= 15 is 0 Å². The Bertz CT molecular complexity index is 966. The van der Waals surface area contributed by atoms with Gasteiger partial charge in [-0.25, -0.2) is 18.1 Å². The predicted molar refractivity (Wildman–Crippen MR) is 97.6 cm³/mol. The van der Waals surface area contributed by atoms with Crippen molar-refractivity contribution in [1.82, 2.24) is 14.3 Å². The Morgan fingerprint density at radius 1 is 1.08 bits per heavy atom.